The van der Waals surface area contributed by atoms with Crippen molar-refractivity contribution in [2.45, 2.75) is 6.92 Å². The first kappa shape index (κ1) is 18.2. The molecule has 1 aromatic heterocycles. The molecule has 1 heterocycles. The van der Waals surface area contributed by atoms with Crippen molar-refractivity contribution in [1.29, 1.82) is 0 Å². The van der Waals surface area contributed by atoms with Crippen LogP contribution in [0.1, 0.15) is 16.2 Å². The molecule has 0 aliphatic heterocycles. The minimum atomic E-state index is -0.792. The molecule has 0 aliphatic carbocycles. The lowest BCUT2D eigenvalue weighted by Gasteiger charge is -2.11. The molecule has 0 atom stereocenters. The number of methoxy groups -OCH3 is 1. The van der Waals surface area contributed by atoms with Gasteiger partial charge in [-0.2, -0.15) is 0 Å². The first-order valence-corrected chi connectivity index (χ1v) is 7.98. The Morgan fingerprint density at radius 1 is 1.04 bits per heavy atom. The Labute approximate surface area is 154 Å². The summed E-state index contributed by atoms with van der Waals surface area (Å²) >= 11 is 0. The van der Waals surface area contributed by atoms with Gasteiger partial charge in [0.25, 0.3) is 5.91 Å². The number of aromatic nitrogens is 2. The Balaban J connectivity index is 1.85. The molecule has 0 saturated carbocycles. The average Bonchev–Trinajstić information content (AvgIpc) is 2.64. The smallest absolute Gasteiger partial charge is 0.274 e. The Bertz CT molecular complexity index is 995. The first-order chi connectivity index (χ1) is 13.0. The highest BCUT2D eigenvalue weighted by Gasteiger charge is 2.14. The maximum Gasteiger partial charge on any atom is 0.274 e. The quantitative estimate of drug-likeness (QED) is 0.708. The van der Waals surface area contributed by atoms with Gasteiger partial charge in [-0.3, -0.25) is 4.79 Å². The summed E-state index contributed by atoms with van der Waals surface area (Å²) in [6.07, 6.45) is 0. The molecule has 0 bridgehead atoms. The van der Waals surface area contributed by atoms with Crippen LogP contribution in [0.4, 0.5) is 26.1 Å². The number of benzene rings is 2. The lowest BCUT2D eigenvalue weighted by Crippen LogP contribution is -2.16. The number of halogens is 2. The normalized spacial score (nSPS) is 10.4. The summed E-state index contributed by atoms with van der Waals surface area (Å²) in [5, 5.41) is 5.36. The van der Waals surface area contributed by atoms with E-state index in [-0.39, 0.29) is 17.3 Å². The molecule has 27 heavy (non-hydrogen) atoms. The molecule has 2 N–H and O–H groups in total. The van der Waals surface area contributed by atoms with Crippen LogP contribution >= 0.6 is 0 Å². The zero-order valence-corrected chi connectivity index (χ0v) is 14.6. The van der Waals surface area contributed by atoms with Crippen LogP contribution in [-0.2, 0) is 0 Å². The highest BCUT2D eigenvalue weighted by Crippen LogP contribution is 2.24. The predicted molar refractivity (Wildman–Crippen MR) is 97.4 cm³/mol. The van der Waals surface area contributed by atoms with Crippen LogP contribution in [0, 0.1) is 18.6 Å². The number of ether oxygens (including phenoxy) is 1. The lowest BCUT2D eigenvalue weighted by atomic mass is 10.2. The molecule has 6 nitrogen and oxygen atoms in total. The number of aryl methyl sites for hydroxylation is 1. The topological polar surface area (TPSA) is 76.1 Å². The van der Waals surface area contributed by atoms with Gasteiger partial charge in [0.15, 0.2) is 0 Å². The van der Waals surface area contributed by atoms with E-state index in [1.165, 1.54) is 19.2 Å². The van der Waals surface area contributed by atoms with Gasteiger partial charge >= 0.3 is 0 Å². The van der Waals surface area contributed by atoms with Crippen molar-refractivity contribution in [3.63, 3.8) is 0 Å². The van der Waals surface area contributed by atoms with Crippen molar-refractivity contribution in [3.05, 3.63) is 71.6 Å². The third-order valence-electron chi connectivity index (χ3n) is 3.62. The molecule has 3 rings (SSSR count). The highest BCUT2D eigenvalue weighted by atomic mass is 19.1. The van der Waals surface area contributed by atoms with E-state index in [0.29, 0.717) is 17.1 Å². The molecular weight excluding hydrogens is 354 g/mol. The summed E-state index contributed by atoms with van der Waals surface area (Å²) in [5.41, 5.74) is 1.07. The number of carbonyl (C=O) groups is 1. The largest absolute Gasteiger partial charge is 0.495 e. The summed E-state index contributed by atoms with van der Waals surface area (Å²) in [6, 6.07) is 11.5. The number of nitrogens with zero attached hydrogens (tertiary/aromatic N) is 2. The van der Waals surface area contributed by atoms with Crippen LogP contribution < -0.4 is 15.4 Å². The van der Waals surface area contributed by atoms with Crippen molar-refractivity contribution < 1.29 is 18.3 Å². The molecule has 2 aromatic carbocycles. The van der Waals surface area contributed by atoms with Gasteiger partial charge in [-0.1, -0.05) is 12.1 Å². The fraction of sp³-hybridized carbons (Fsp3) is 0.105. The van der Waals surface area contributed by atoms with Gasteiger partial charge in [-0.15, -0.1) is 0 Å². The van der Waals surface area contributed by atoms with E-state index in [2.05, 4.69) is 20.6 Å². The second-order valence-electron chi connectivity index (χ2n) is 5.62. The average molecular weight is 370 g/mol. The summed E-state index contributed by atoms with van der Waals surface area (Å²) in [6.45, 7) is 1.67. The Hall–Kier alpha value is -3.55. The molecule has 0 fully saturated rings. The van der Waals surface area contributed by atoms with Crippen LogP contribution in [0.2, 0.25) is 0 Å². The Morgan fingerprint density at radius 2 is 1.81 bits per heavy atom. The first-order valence-electron chi connectivity index (χ1n) is 7.98. The Kier molecular flexibility index (Phi) is 5.25. The number of anilines is 3. The molecule has 0 unspecified atom stereocenters. The molecule has 1 amide bonds. The van der Waals surface area contributed by atoms with E-state index in [1.54, 1.807) is 31.2 Å². The van der Waals surface area contributed by atoms with Gasteiger partial charge < -0.3 is 15.4 Å². The van der Waals surface area contributed by atoms with Crippen LogP contribution in [0.15, 0.2) is 48.5 Å². The Morgan fingerprint density at radius 3 is 2.56 bits per heavy atom. The third kappa shape index (κ3) is 4.35. The number of nitrogens with one attached hydrogen (secondary N) is 2. The number of hydrogen-bond donors (Lipinski definition) is 2. The van der Waals surface area contributed by atoms with Gasteiger partial charge in [0.1, 0.15) is 23.1 Å². The van der Waals surface area contributed by atoms with Gasteiger partial charge in [-0.25, -0.2) is 18.7 Å². The van der Waals surface area contributed by atoms with Crippen molar-refractivity contribution in [3.8, 4) is 5.75 Å². The van der Waals surface area contributed by atoms with Crippen molar-refractivity contribution >= 4 is 23.2 Å². The molecule has 138 valence electrons. The summed E-state index contributed by atoms with van der Waals surface area (Å²) in [5.74, 6) is -1.44. The SMILES string of the molecule is COc1ccccc1NC(=O)c1cc(C)nc(Nc2ccc(F)cc2F)n1. The molecule has 8 heteroatoms. The zero-order chi connectivity index (χ0) is 19.4. The molecule has 0 saturated heterocycles. The summed E-state index contributed by atoms with van der Waals surface area (Å²) in [7, 11) is 1.50. The van der Waals surface area contributed by atoms with E-state index < -0.39 is 17.5 Å². The second kappa shape index (κ2) is 7.77. The highest BCUT2D eigenvalue weighted by molar-refractivity contribution is 6.03. The number of amides is 1. The molecule has 0 radical (unpaired) electrons. The predicted octanol–water partition coefficient (Wildman–Crippen LogP) is 4.07. The van der Waals surface area contributed by atoms with E-state index >= 15 is 0 Å². The minimum absolute atomic E-state index is 0.00177. The van der Waals surface area contributed by atoms with E-state index in [4.69, 9.17) is 4.74 Å². The van der Waals surface area contributed by atoms with Crippen LogP contribution in [0.5, 0.6) is 5.75 Å². The number of carbonyl (C=O) groups excluding carboxylic acids is 1. The van der Waals surface area contributed by atoms with E-state index in [0.717, 1.165) is 12.1 Å². The maximum atomic E-state index is 13.8. The van der Waals surface area contributed by atoms with E-state index in [1.807, 2.05) is 0 Å². The third-order valence-corrected chi connectivity index (χ3v) is 3.62. The second-order valence-corrected chi connectivity index (χ2v) is 5.62. The van der Waals surface area contributed by atoms with Crippen molar-refractivity contribution in [1.82, 2.24) is 9.97 Å². The maximum absolute atomic E-state index is 13.8. The number of para-hydroxylation sites is 2. The molecule has 0 spiro atoms. The van der Waals surface area contributed by atoms with Gasteiger partial charge in [0, 0.05) is 11.8 Å². The number of rotatable bonds is 5. The lowest BCUT2D eigenvalue weighted by molar-refractivity contribution is 0.102. The van der Waals surface area contributed by atoms with Crippen LogP contribution in [0.3, 0.4) is 0 Å². The van der Waals surface area contributed by atoms with Crippen molar-refractivity contribution in [2.24, 2.45) is 0 Å². The zero-order valence-electron chi connectivity index (χ0n) is 14.6. The fourth-order valence-corrected chi connectivity index (χ4v) is 2.39. The van der Waals surface area contributed by atoms with Gasteiger partial charge in [0.05, 0.1) is 18.5 Å². The van der Waals surface area contributed by atoms with Gasteiger partial charge in [0.2, 0.25) is 5.95 Å². The minimum Gasteiger partial charge on any atom is -0.495 e. The van der Waals surface area contributed by atoms with E-state index in [9.17, 15) is 13.6 Å². The number of hydrogen-bond acceptors (Lipinski definition) is 5. The van der Waals surface area contributed by atoms with Gasteiger partial charge in [-0.05, 0) is 37.3 Å². The molecule has 3 aromatic rings. The molecular formula is C19H16F2N4O2. The standard InChI is InChI=1S/C19H16F2N4O2/c1-11-9-16(18(26)23-15-5-3-4-6-17(15)27-2)25-19(22-11)24-14-8-7-12(20)10-13(14)21/h3-10H,1-2H3,(H,23,26)(H,22,24,25). The van der Waals surface area contributed by atoms with Crippen LogP contribution in [-0.4, -0.2) is 23.0 Å². The van der Waals surface area contributed by atoms with Crippen LogP contribution in [0.25, 0.3) is 0 Å². The summed E-state index contributed by atoms with van der Waals surface area (Å²) < 4.78 is 32.0. The van der Waals surface area contributed by atoms with Crippen molar-refractivity contribution in [2.75, 3.05) is 17.7 Å². The monoisotopic (exact) mass is 370 g/mol. The fourth-order valence-electron chi connectivity index (χ4n) is 2.39. The summed E-state index contributed by atoms with van der Waals surface area (Å²) in [4.78, 5) is 20.8. The molecule has 0 aliphatic rings.